The Morgan fingerprint density at radius 2 is 2.11 bits per heavy atom. The van der Waals surface area contributed by atoms with E-state index >= 15 is 0 Å². The van der Waals surface area contributed by atoms with Crippen molar-refractivity contribution < 1.29 is 9.50 Å². The van der Waals surface area contributed by atoms with Gasteiger partial charge in [0.05, 0.1) is 6.10 Å². The number of benzene rings is 1. The van der Waals surface area contributed by atoms with Crippen molar-refractivity contribution in [1.82, 2.24) is 0 Å². The van der Waals surface area contributed by atoms with Gasteiger partial charge in [0, 0.05) is 12.5 Å². The molecule has 3 atom stereocenters. The third-order valence-corrected chi connectivity index (χ3v) is 3.54. The molecule has 3 unspecified atom stereocenters. The number of aliphatic hydroxyl groups excluding tert-OH is 1. The molecular weight excluding hydrogens is 229 g/mol. The van der Waals surface area contributed by atoms with Crippen LogP contribution in [-0.2, 0) is 0 Å². The number of nitrogens with two attached hydrogens (primary N) is 1. The van der Waals surface area contributed by atoms with E-state index in [4.69, 9.17) is 5.73 Å². The van der Waals surface area contributed by atoms with Crippen molar-refractivity contribution in [3.63, 3.8) is 0 Å². The van der Waals surface area contributed by atoms with Crippen LogP contribution in [0.1, 0.15) is 44.6 Å². The maximum atomic E-state index is 13.2. The molecule has 1 aromatic carbocycles. The summed E-state index contributed by atoms with van der Waals surface area (Å²) in [5.74, 6) is -0.284. The summed E-state index contributed by atoms with van der Waals surface area (Å²) in [6, 6.07) is 6.37. The van der Waals surface area contributed by atoms with Crippen molar-refractivity contribution in [3.05, 3.63) is 35.6 Å². The largest absolute Gasteiger partial charge is 0.392 e. The molecule has 0 amide bonds. The Hall–Kier alpha value is -0.930. The first-order chi connectivity index (χ1) is 8.60. The molecule has 0 fully saturated rings. The summed E-state index contributed by atoms with van der Waals surface area (Å²) in [6.45, 7) is 4.50. The summed E-state index contributed by atoms with van der Waals surface area (Å²) in [5, 5.41) is 10.3. The van der Waals surface area contributed by atoms with Crippen LogP contribution in [0, 0.1) is 11.7 Å². The molecule has 0 saturated heterocycles. The van der Waals surface area contributed by atoms with Gasteiger partial charge in [0.2, 0.25) is 0 Å². The summed E-state index contributed by atoms with van der Waals surface area (Å²) in [7, 11) is 0. The lowest BCUT2D eigenvalue weighted by Crippen LogP contribution is -2.31. The zero-order valence-electron chi connectivity index (χ0n) is 11.3. The van der Waals surface area contributed by atoms with Crippen molar-refractivity contribution in [1.29, 1.82) is 0 Å². The van der Waals surface area contributed by atoms with Gasteiger partial charge in [-0.15, -0.1) is 0 Å². The van der Waals surface area contributed by atoms with Gasteiger partial charge in [-0.1, -0.05) is 38.8 Å². The molecule has 0 saturated carbocycles. The molecule has 1 aromatic rings. The molecule has 3 heteroatoms. The second-order valence-corrected chi connectivity index (χ2v) is 5.01. The minimum absolute atomic E-state index is 0.182. The molecule has 2 nitrogen and oxygen atoms in total. The van der Waals surface area contributed by atoms with E-state index in [0.29, 0.717) is 6.54 Å². The van der Waals surface area contributed by atoms with Gasteiger partial charge < -0.3 is 10.8 Å². The fourth-order valence-electron chi connectivity index (χ4n) is 2.30. The van der Waals surface area contributed by atoms with Crippen LogP contribution in [0.15, 0.2) is 24.3 Å². The molecule has 0 aliphatic heterocycles. The Morgan fingerprint density at radius 3 is 2.67 bits per heavy atom. The standard InChI is InChI=1S/C15H24FNO/c1-3-4-6-11(2)15(18)14(10-17)12-7-5-8-13(16)9-12/h5,7-9,11,14-15,18H,3-4,6,10,17H2,1-2H3. The molecule has 3 N–H and O–H groups in total. The molecule has 0 aromatic heterocycles. The Balaban J connectivity index is 2.76. The second kappa shape index (κ2) is 7.49. The average Bonchev–Trinajstić information content (AvgIpc) is 2.36. The van der Waals surface area contributed by atoms with Crippen molar-refractivity contribution in [2.75, 3.05) is 6.54 Å². The number of hydrogen-bond donors (Lipinski definition) is 2. The van der Waals surface area contributed by atoms with E-state index in [-0.39, 0.29) is 17.7 Å². The van der Waals surface area contributed by atoms with E-state index in [9.17, 15) is 9.50 Å². The first-order valence-corrected chi connectivity index (χ1v) is 6.73. The van der Waals surface area contributed by atoms with Crippen LogP contribution in [0.3, 0.4) is 0 Å². The first-order valence-electron chi connectivity index (χ1n) is 6.73. The topological polar surface area (TPSA) is 46.2 Å². The highest BCUT2D eigenvalue weighted by Gasteiger charge is 2.25. The Morgan fingerprint density at radius 1 is 1.39 bits per heavy atom. The van der Waals surface area contributed by atoms with Crippen LogP contribution in [0.25, 0.3) is 0 Å². The van der Waals surface area contributed by atoms with E-state index in [1.165, 1.54) is 12.1 Å². The summed E-state index contributed by atoms with van der Waals surface area (Å²) < 4.78 is 13.2. The molecule has 102 valence electrons. The van der Waals surface area contributed by atoms with Gasteiger partial charge >= 0.3 is 0 Å². The lowest BCUT2D eigenvalue weighted by molar-refractivity contribution is 0.0850. The molecule has 0 bridgehead atoms. The lowest BCUT2D eigenvalue weighted by Gasteiger charge is -2.27. The SMILES string of the molecule is CCCCC(C)C(O)C(CN)c1cccc(F)c1. The first kappa shape index (κ1) is 15.1. The smallest absolute Gasteiger partial charge is 0.123 e. The summed E-state index contributed by atoms with van der Waals surface area (Å²) >= 11 is 0. The highest BCUT2D eigenvalue weighted by atomic mass is 19.1. The molecule has 1 rings (SSSR count). The number of halogens is 1. The van der Waals surface area contributed by atoms with Crippen LogP contribution in [0.2, 0.25) is 0 Å². The molecule has 0 spiro atoms. The number of hydrogen-bond acceptors (Lipinski definition) is 2. The quantitative estimate of drug-likeness (QED) is 0.784. The number of unbranched alkanes of at least 4 members (excludes halogenated alkanes) is 1. The Kier molecular flexibility index (Phi) is 6.30. The molecular formula is C15H24FNO. The number of aliphatic hydroxyl groups is 1. The van der Waals surface area contributed by atoms with Crippen LogP contribution < -0.4 is 5.73 Å². The van der Waals surface area contributed by atoms with E-state index in [2.05, 4.69) is 6.92 Å². The van der Waals surface area contributed by atoms with Gasteiger partial charge in [0.15, 0.2) is 0 Å². The average molecular weight is 253 g/mol. The minimum Gasteiger partial charge on any atom is -0.392 e. The lowest BCUT2D eigenvalue weighted by atomic mass is 9.84. The van der Waals surface area contributed by atoms with Crippen molar-refractivity contribution in [2.24, 2.45) is 11.7 Å². The van der Waals surface area contributed by atoms with Gasteiger partial charge in [0.25, 0.3) is 0 Å². The summed E-state index contributed by atoms with van der Waals surface area (Å²) in [6.07, 6.45) is 2.68. The normalized spacial score (nSPS) is 16.3. The monoisotopic (exact) mass is 253 g/mol. The molecule has 18 heavy (non-hydrogen) atoms. The molecule has 0 heterocycles. The highest BCUT2D eigenvalue weighted by Crippen LogP contribution is 2.26. The fraction of sp³-hybridized carbons (Fsp3) is 0.600. The maximum Gasteiger partial charge on any atom is 0.123 e. The third kappa shape index (κ3) is 4.07. The van der Waals surface area contributed by atoms with Gasteiger partial charge in [0.1, 0.15) is 5.82 Å². The second-order valence-electron chi connectivity index (χ2n) is 5.01. The van der Waals surface area contributed by atoms with Crippen LogP contribution in [0.4, 0.5) is 4.39 Å². The van der Waals surface area contributed by atoms with Gasteiger partial charge in [-0.3, -0.25) is 0 Å². The summed E-state index contributed by atoms with van der Waals surface area (Å²) in [4.78, 5) is 0. The maximum absolute atomic E-state index is 13.2. The zero-order valence-corrected chi connectivity index (χ0v) is 11.3. The fourth-order valence-corrected chi connectivity index (χ4v) is 2.30. The number of rotatable bonds is 7. The van der Waals surface area contributed by atoms with E-state index in [0.717, 1.165) is 24.8 Å². The predicted molar refractivity (Wildman–Crippen MR) is 72.9 cm³/mol. The molecule has 0 radical (unpaired) electrons. The van der Waals surface area contributed by atoms with Gasteiger partial charge in [-0.2, -0.15) is 0 Å². The van der Waals surface area contributed by atoms with Crippen LogP contribution in [0.5, 0.6) is 0 Å². The molecule has 0 aliphatic rings. The van der Waals surface area contributed by atoms with E-state index in [1.54, 1.807) is 6.07 Å². The highest BCUT2D eigenvalue weighted by molar-refractivity contribution is 5.22. The predicted octanol–water partition coefficient (Wildman–Crippen LogP) is 3.06. The van der Waals surface area contributed by atoms with Gasteiger partial charge in [-0.25, -0.2) is 4.39 Å². The zero-order chi connectivity index (χ0) is 13.5. The van der Waals surface area contributed by atoms with E-state index < -0.39 is 6.10 Å². The Labute approximate surface area is 109 Å². The third-order valence-electron chi connectivity index (χ3n) is 3.54. The van der Waals surface area contributed by atoms with Crippen molar-refractivity contribution >= 4 is 0 Å². The summed E-state index contributed by atoms with van der Waals surface area (Å²) in [5.41, 5.74) is 6.53. The molecule has 0 aliphatic carbocycles. The van der Waals surface area contributed by atoms with E-state index in [1.807, 2.05) is 13.0 Å². The van der Waals surface area contributed by atoms with Crippen molar-refractivity contribution in [3.8, 4) is 0 Å². The van der Waals surface area contributed by atoms with Crippen LogP contribution in [-0.4, -0.2) is 17.8 Å². The van der Waals surface area contributed by atoms with Gasteiger partial charge in [-0.05, 0) is 30.0 Å². The Bertz CT molecular complexity index is 356. The van der Waals surface area contributed by atoms with Crippen LogP contribution >= 0.6 is 0 Å². The van der Waals surface area contributed by atoms with Crippen molar-refractivity contribution in [2.45, 2.75) is 45.1 Å². The minimum atomic E-state index is -0.511.